The van der Waals surface area contributed by atoms with Gasteiger partial charge in [-0.25, -0.2) is 4.79 Å². The maximum atomic E-state index is 13.0. The van der Waals surface area contributed by atoms with Gasteiger partial charge in [-0.2, -0.15) is 11.8 Å². The van der Waals surface area contributed by atoms with Gasteiger partial charge in [-0.3, -0.25) is 14.5 Å². The van der Waals surface area contributed by atoms with Crippen LogP contribution in [0.25, 0.3) is 0 Å². The fraction of sp³-hybridized carbons (Fsp3) is 0.393. The van der Waals surface area contributed by atoms with Gasteiger partial charge in [0, 0.05) is 21.3 Å². The summed E-state index contributed by atoms with van der Waals surface area (Å²) in [5.74, 6) is 0.638. The first-order valence-corrected chi connectivity index (χ1v) is 15.2. The number of nitrogens with one attached hydrogen (secondary N) is 1. The number of nitrogens with zero attached hydrogens (tertiary/aromatic N) is 1. The van der Waals surface area contributed by atoms with Crippen molar-refractivity contribution in [2.45, 2.75) is 55.7 Å². The molecular weight excluding hydrogens is 525 g/mol. The summed E-state index contributed by atoms with van der Waals surface area (Å²) in [4.78, 5) is 40.8. The van der Waals surface area contributed by atoms with Crippen LogP contribution >= 0.6 is 35.3 Å². The molecule has 2 atom stereocenters. The molecule has 2 aliphatic rings. The Kier molecular flexibility index (Phi) is 8.98. The minimum absolute atomic E-state index is 0.0301. The summed E-state index contributed by atoms with van der Waals surface area (Å²) in [7, 11) is 0. The molecule has 2 aliphatic heterocycles. The van der Waals surface area contributed by atoms with Crippen LogP contribution in [0.2, 0.25) is 0 Å². The van der Waals surface area contributed by atoms with E-state index >= 15 is 0 Å². The van der Waals surface area contributed by atoms with E-state index in [1.54, 1.807) is 0 Å². The van der Waals surface area contributed by atoms with Crippen LogP contribution in [0.15, 0.2) is 70.1 Å². The number of thioether (sulfide) groups is 3. The zero-order valence-corrected chi connectivity index (χ0v) is 23.7. The summed E-state index contributed by atoms with van der Waals surface area (Å²) in [6, 6.07) is 16.7. The Morgan fingerprint density at radius 1 is 1.11 bits per heavy atom. The minimum atomic E-state index is -1.12. The Bertz CT molecular complexity index is 1190. The molecule has 0 aromatic heterocycles. The van der Waals surface area contributed by atoms with E-state index < -0.39 is 17.4 Å². The van der Waals surface area contributed by atoms with Gasteiger partial charge in [0.05, 0.1) is 6.42 Å². The second-order valence-electron chi connectivity index (χ2n) is 10.3. The van der Waals surface area contributed by atoms with E-state index in [0.717, 1.165) is 33.9 Å². The molecule has 0 spiro atoms. The lowest BCUT2D eigenvalue weighted by Crippen LogP contribution is -2.70. The first-order valence-electron chi connectivity index (χ1n) is 12.2. The van der Waals surface area contributed by atoms with E-state index in [-0.39, 0.29) is 23.9 Å². The SMILES string of the molecule is CC(C)(C)CCSCc1ccccc1SC1=C(C(=O)O)N2C(=O)C(NC(=O)Cc3ccccc3)C2SC1. The van der Waals surface area contributed by atoms with E-state index in [9.17, 15) is 19.5 Å². The quantitative estimate of drug-likeness (QED) is 0.300. The highest BCUT2D eigenvalue weighted by molar-refractivity contribution is 8.06. The topological polar surface area (TPSA) is 86.7 Å². The second kappa shape index (κ2) is 12.0. The Labute approximate surface area is 231 Å². The molecule has 0 aliphatic carbocycles. The van der Waals surface area contributed by atoms with Gasteiger partial charge in [0.15, 0.2) is 0 Å². The number of amides is 2. The largest absolute Gasteiger partial charge is 0.477 e. The van der Waals surface area contributed by atoms with Crippen LogP contribution in [0.1, 0.15) is 38.3 Å². The van der Waals surface area contributed by atoms with Gasteiger partial charge in [-0.15, -0.1) is 11.8 Å². The highest BCUT2D eigenvalue weighted by Gasteiger charge is 2.54. The number of β-lactam (4-membered cyclic amide) rings is 1. The van der Waals surface area contributed by atoms with E-state index in [1.165, 1.54) is 28.4 Å². The van der Waals surface area contributed by atoms with E-state index in [2.05, 4.69) is 32.2 Å². The normalized spacial score (nSPS) is 19.3. The fourth-order valence-electron chi connectivity index (χ4n) is 4.09. The number of fused-ring (bicyclic) bond motifs is 1. The van der Waals surface area contributed by atoms with Crippen molar-refractivity contribution in [2.75, 3.05) is 11.5 Å². The number of carbonyl (C=O) groups excluding carboxylic acids is 2. The van der Waals surface area contributed by atoms with Crippen LogP contribution in [-0.4, -0.2) is 50.7 Å². The summed E-state index contributed by atoms with van der Waals surface area (Å²) in [6.07, 6.45) is 1.30. The third kappa shape index (κ3) is 6.94. The van der Waals surface area contributed by atoms with Crippen molar-refractivity contribution in [3.8, 4) is 0 Å². The molecule has 2 heterocycles. The monoisotopic (exact) mass is 556 g/mol. The maximum Gasteiger partial charge on any atom is 0.353 e. The Balaban J connectivity index is 1.44. The van der Waals surface area contributed by atoms with E-state index in [4.69, 9.17) is 0 Å². The molecular formula is C28H32N2O4S3. The number of hydrogen-bond acceptors (Lipinski definition) is 6. The molecule has 2 amide bonds. The lowest BCUT2D eigenvalue weighted by molar-refractivity contribution is -0.150. The molecule has 196 valence electrons. The van der Waals surface area contributed by atoms with Crippen molar-refractivity contribution < 1.29 is 19.5 Å². The first-order chi connectivity index (χ1) is 17.6. The van der Waals surface area contributed by atoms with Gasteiger partial charge in [0.2, 0.25) is 5.91 Å². The van der Waals surface area contributed by atoms with E-state index in [1.807, 2.05) is 60.3 Å². The van der Waals surface area contributed by atoms with Crippen LogP contribution in [0, 0.1) is 5.41 Å². The van der Waals surface area contributed by atoms with Crippen LogP contribution < -0.4 is 5.32 Å². The van der Waals surface area contributed by atoms with Crippen molar-refractivity contribution >= 4 is 53.1 Å². The molecule has 37 heavy (non-hydrogen) atoms. The average molecular weight is 557 g/mol. The Morgan fingerprint density at radius 2 is 1.81 bits per heavy atom. The highest BCUT2D eigenvalue weighted by atomic mass is 32.2. The van der Waals surface area contributed by atoms with Crippen molar-refractivity contribution in [3.05, 3.63) is 76.3 Å². The van der Waals surface area contributed by atoms with E-state index in [0.29, 0.717) is 16.1 Å². The van der Waals surface area contributed by atoms with Crippen molar-refractivity contribution in [2.24, 2.45) is 5.41 Å². The molecule has 0 radical (unpaired) electrons. The van der Waals surface area contributed by atoms with Gasteiger partial charge in [0.1, 0.15) is 17.1 Å². The number of hydrogen-bond donors (Lipinski definition) is 2. The number of carbonyl (C=O) groups is 3. The molecule has 1 saturated heterocycles. The molecule has 2 N–H and O–H groups in total. The third-order valence-corrected chi connectivity index (χ3v) is 9.79. The van der Waals surface area contributed by atoms with Crippen LogP contribution in [0.4, 0.5) is 0 Å². The Hall–Kier alpha value is -2.36. The molecule has 0 saturated carbocycles. The first kappa shape index (κ1) is 27.7. The number of benzene rings is 2. The van der Waals surface area contributed by atoms with Gasteiger partial charge in [-0.1, -0.05) is 81.1 Å². The standard InChI is InChI=1S/C28H32N2O4S3/c1-28(2,3)13-14-35-16-19-11-7-8-12-20(19)37-21-17-36-26-23(25(32)30(26)24(21)27(33)34)29-22(31)15-18-9-5-4-6-10-18/h4-12,23,26H,13-17H2,1-3H3,(H,29,31)(H,33,34). The maximum absolute atomic E-state index is 13.0. The molecule has 9 heteroatoms. The van der Waals surface area contributed by atoms with Gasteiger partial charge in [-0.05, 0) is 34.8 Å². The molecule has 2 unspecified atom stereocenters. The number of carboxylic acids is 1. The summed E-state index contributed by atoms with van der Waals surface area (Å²) in [6.45, 7) is 6.71. The summed E-state index contributed by atoms with van der Waals surface area (Å²) < 4.78 is 0. The van der Waals surface area contributed by atoms with Gasteiger partial charge in [0.25, 0.3) is 5.91 Å². The van der Waals surface area contributed by atoms with Gasteiger partial charge >= 0.3 is 5.97 Å². The summed E-state index contributed by atoms with van der Waals surface area (Å²) >= 11 is 4.81. The summed E-state index contributed by atoms with van der Waals surface area (Å²) in [5.41, 5.74) is 2.35. The second-order valence-corrected chi connectivity index (χ2v) is 13.6. The van der Waals surface area contributed by atoms with Crippen LogP contribution in [0.3, 0.4) is 0 Å². The van der Waals surface area contributed by atoms with Crippen LogP contribution in [0.5, 0.6) is 0 Å². The number of carboxylic acid groups (broad SMARTS) is 1. The van der Waals surface area contributed by atoms with Crippen molar-refractivity contribution in [1.29, 1.82) is 0 Å². The van der Waals surface area contributed by atoms with Crippen LogP contribution in [-0.2, 0) is 26.6 Å². The molecule has 6 nitrogen and oxygen atoms in total. The third-order valence-electron chi connectivity index (χ3n) is 6.12. The predicted molar refractivity (Wildman–Crippen MR) is 152 cm³/mol. The van der Waals surface area contributed by atoms with Crippen molar-refractivity contribution in [1.82, 2.24) is 10.2 Å². The van der Waals surface area contributed by atoms with Crippen molar-refractivity contribution in [3.63, 3.8) is 0 Å². The average Bonchev–Trinajstić information content (AvgIpc) is 2.85. The molecule has 0 bridgehead atoms. The number of rotatable bonds is 10. The minimum Gasteiger partial charge on any atom is -0.477 e. The lowest BCUT2D eigenvalue weighted by atomic mass is 9.94. The zero-order valence-electron chi connectivity index (χ0n) is 21.2. The summed E-state index contributed by atoms with van der Waals surface area (Å²) in [5, 5.41) is 12.4. The number of aliphatic carboxylic acids is 1. The highest BCUT2D eigenvalue weighted by Crippen LogP contribution is 2.46. The predicted octanol–water partition coefficient (Wildman–Crippen LogP) is 5.39. The zero-order chi connectivity index (χ0) is 26.6. The fourth-order valence-corrected chi connectivity index (χ4v) is 8.15. The molecule has 2 aromatic carbocycles. The molecule has 2 aromatic rings. The lowest BCUT2D eigenvalue weighted by Gasteiger charge is -2.49. The molecule has 1 fully saturated rings. The van der Waals surface area contributed by atoms with Gasteiger partial charge < -0.3 is 10.4 Å². The smallest absolute Gasteiger partial charge is 0.353 e. The Morgan fingerprint density at radius 3 is 2.51 bits per heavy atom. The molecule has 4 rings (SSSR count).